The first-order chi connectivity index (χ1) is 25.6. The second kappa shape index (κ2) is 17.9. The van der Waals surface area contributed by atoms with Gasteiger partial charge in [-0.05, 0) is 54.8 Å². The number of aliphatic hydroxyl groups is 8. The van der Waals surface area contributed by atoms with E-state index in [2.05, 4.69) is 0 Å². The van der Waals surface area contributed by atoms with Gasteiger partial charge in [0.15, 0.2) is 35.6 Å². The largest absolute Gasteiger partial charge is 0.504 e. The SMILES string of the molecule is C[C@@H]1O[C@H]([C@@H]2[C@@H](O)[C@H](OCCc3ccc(O)c(O)c3)O[C@H](CO[C@@H]3O[C@H](CO)[C@@H](O)[C@H](O)[C@H]3O)[C@H]2OC(=O)/C=C/c2ccc(O)c(O)c2)[C@H](O)[C@H](O)[C@H]1O. The molecule has 5 rings (SSSR count). The van der Waals surface area contributed by atoms with Crippen LogP contribution in [0.1, 0.15) is 18.1 Å². The van der Waals surface area contributed by atoms with Crippen LogP contribution in [0.5, 0.6) is 23.0 Å². The van der Waals surface area contributed by atoms with E-state index in [1.54, 1.807) is 0 Å². The summed E-state index contributed by atoms with van der Waals surface area (Å²) in [5.41, 5.74) is 0.792. The van der Waals surface area contributed by atoms with Crippen LogP contribution in [0.25, 0.3) is 6.08 Å². The highest BCUT2D eigenvalue weighted by Gasteiger charge is 2.57. The summed E-state index contributed by atoms with van der Waals surface area (Å²) in [4.78, 5) is 13.3. The average molecular weight is 771 g/mol. The molecule has 15 atom stereocenters. The Hall–Kier alpha value is -3.67. The molecule has 0 saturated carbocycles. The lowest BCUT2D eigenvalue weighted by atomic mass is 9.78. The van der Waals surface area contributed by atoms with Crippen molar-refractivity contribution in [1.29, 1.82) is 0 Å². The first-order valence-corrected chi connectivity index (χ1v) is 17.1. The van der Waals surface area contributed by atoms with Crippen LogP contribution >= 0.6 is 0 Å². The molecule has 3 heterocycles. The van der Waals surface area contributed by atoms with Gasteiger partial charge in [0.1, 0.15) is 61.0 Å². The Kier molecular flexibility index (Phi) is 13.7. The van der Waals surface area contributed by atoms with Gasteiger partial charge in [0.25, 0.3) is 0 Å². The monoisotopic (exact) mass is 770 g/mol. The lowest BCUT2D eigenvalue weighted by Crippen LogP contribution is -2.67. The lowest BCUT2D eigenvalue weighted by Gasteiger charge is -2.50. The van der Waals surface area contributed by atoms with Crippen LogP contribution in [-0.2, 0) is 39.6 Å². The number of rotatable bonds is 12. The van der Waals surface area contributed by atoms with Gasteiger partial charge < -0.3 is 89.7 Å². The van der Waals surface area contributed by atoms with Crippen LogP contribution in [0.4, 0.5) is 0 Å². The van der Waals surface area contributed by atoms with Crippen LogP contribution in [-0.4, -0.2) is 173 Å². The molecular formula is C35H46O19. The van der Waals surface area contributed by atoms with Crippen LogP contribution < -0.4 is 0 Å². The molecular weight excluding hydrogens is 724 g/mol. The summed E-state index contributed by atoms with van der Waals surface area (Å²) in [6.45, 7) is -0.190. The average Bonchev–Trinajstić information content (AvgIpc) is 3.14. The Labute approximate surface area is 308 Å². The smallest absolute Gasteiger partial charge is 0.331 e. The Morgan fingerprint density at radius 2 is 1.33 bits per heavy atom. The minimum atomic E-state index is -1.86. The van der Waals surface area contributed by atoms with E-state index in [1.165, 1.54) is 43.3 Å². The van der Waals surface area contributed by atoms with Crippen molar-refractivity contribution in [3.05, 3.63) is 53.6 Å². The van der Waals surface area contributed by atoms with Gasteiger partial charge in [0.2, 0.25) is 0 Å². The first kappa shape index (κ1) is 41.5. The van der Waals surface area contributed by atoms with E-state index in [0.717, 1.165) is 12.1 Å². The molecule has 0 bridgehead atoms. The first-order valence-electron chi connectivity index (χ1n) is 17.1. The fraction of sp³-hybridized carbons (Fsp3) is 0.571. The van der Waals surface area contributed by atoms with E-state index in [1.807, 2.05) is 0 Å². The quantitative estimate of drug-likeness (QED) is 0.0584. The van der Waals surface area contributed by atoms with Crippen molar-refractivity contribution >= 4 is 12.0 Å². The van der Waals surface area contributed by atoms with Crippen LogP contribution in [0, 0.1) is 5.92 Å². The Balaban J connectivity index is 1.46. The molecule has 0 unspecified atom stereocenters. The normalized spacial score (nSPS) is 37.3. The van der Waals surface area contributed by atoms with Gasteiger partial charge in [-0.3, -0.25) is 0 Å². The zero-order valence-electron chi connectivity index (χ0n) is 28.8. The second-order valence-corrected chi connectivity index (χ2v) is 13.3. The molecule has 54 heavy (non-hydrogen) atoms. The van der Waals surface area contributed by atoms with Gasteiger partial charge in [-0.25, -0.2) is 4.79 Å². The number of benzene rings is 2. The predicted octanol–water partition coefficient (Wildman–Crippen LogP) is -2.92. The topological polar surface area (TPSA) is 315 Å². The molecule has 2 aromatic rings. The molecule has 2 aromatic carbocycles. The van der Waals surface area contributed by atoms with Crippen molar-refractivity contribution in [2.24, 2.45) is 5.92 Å². The highest BCUT2D eigenvalue weighted by molar-refractivity contribution is 5.87. The van der Waals surface area contributed by atoms with Gasteiger partial charge in [0.05, 0.1) is 37.9 Å². The summed E-state index contributed by atoms with van der Waals surface area (Å²) in [6, 6.07) is 7.79. The van der Waals surface area contributed by atoms with E-state index in [-0.39, 0.29) is 30.1 Å². The lowest BCUT2D eigenvalue weighted by molar-refractivity contribution is -0.340. The van der Waals surface area contributed by atoms with E-state index in [4.69, 9.17) is 28.4 Å². The molecule has 3 fully saturated rings. The molecule has 3 aliphatic heterocycles. The highest BCUT2D eigenvalue weighted by Crippen LogP contribution is 2.39. The van der Waals surface area contributed by atoms with Gasteiger partial charge >= 0.3 is 5.97 Å². The maximum atomic E-state index is 13.3. The van der Waals surface area contributed by atoms with Crippen molar-refractivity contribution in [3.63, 3.8) is 0 Å². The van der Waals surface area contributed by atoms with Crippen molar-refractivity contribution in [2.75, 3.05) is 19.8 Å². The number of ether oxygens (including phenoxy) is 6. The minimum absolute atomic E-state index is 0.123. The molecule has 3 aliphatic rings. The van der Waals surface area contributed by atoms with Crippen molar-refractivity contribution in [1.82, 2.24) is 0 Å². The molecule has 0 spiro atoms. The van der Waals surface area contributed by atoms with Crippen LogP contribution in [0.3, 0.4) is 0 Å². The summed E-state index contributed by atoms with van der Waals surface area (Å²) in [7, 11) is 0. The number of phenolic OH excluding ortho intramolecular Hbond substituents is 4. The standard InChI is InChI=1S/C35H46O19/c1-14-25(42)28(45)30(47)33(51-14)24-27(44)34(49-9-8-16-3-6-18(38)20(40)11-16)53-22(13-50-35-31(48)29(46)26(43)21(12-36)52-35)32(24)54-23(41)7-4-15-2-5-17(37)19(39)10-15/h2-7,10-11,14,21-22,24-40,42-48H,8-9,12-13H2,1H3/b7-4+/t14-,21+,22+,24+,25-,26+,27+,28+,29-,30+,31+,32+,33+,34+,35+/m0/s1. The van der Waals surface area contributed by atoms with Gasteiger partial charge in [0, 0.05) is 6.08 Å². The van der Waals surface area contributed by atoms with Gasteiger partial charge in [-0.1, -0.05) is 12.1 Å². The molecule has 300 valence electrons. The highest BCUT2D eigenvalue weighted by atomic mass is 16.7. The molecule has 12 N–H and O–H groups in total. The molecule has 19 nitrogen and oxygen atoms in total. The molecule has 0 amide bonds. The summed E-state index contributed by atoms with van der Waals surface area (Å²) in [6.07, 6.45) is -20.4. The Bertz CT molecular complexity index is 1590. The molecule has 3 saturated heterocycles. The number of carbonyl (C=O) groups excluding carboxylic acids is 1. The molecule has 0 aromatic heterocycles. The van der Waals surface area contributed by atoms with Crippen molar-refractivity contribution in [3.8, 4) is 23.0 Å². The van der Waals surface area contributed by atoms with E-state index < -0.39 is 122 Å². The number of hydrogen-bond donors (Lipinski definition) is 12. The molecule has 19 heteroatoms. The number of aliphatic hydroxyl groups excluding tert-OH is 8. The Morgan fingerprint density at radius 3 is 2.00 bits per heavy atom. The maximum absolute atomic E-state index is 13.3. The maximum Gasteiger partial charge on any atom is 0.331 e. The number of hydrogen-bond acceptors (Lipinski definition) is 19. The summed E-state index contributed by atoms with van der Waals surface area (Å²) < 4.78 is 34.8. The molecule has 0 radical (unpaired) electrons. The van der Waals surface area contributed by atoms with Crippen molar-refractivity contribution in [2.45, 2.75) is 99.2 Å². The fourth-order valence-electron chi connectivity index (χ4n) is 6.56. The van der Waals surface area contributed by atoms with Gasteiger partial charge in [-0.15, -0.1) is 0 Å². The number of carbonyl (C=O) groups is 1. The van der Waals surface area contributed by atoms with Crippen LogP contribution in [0.15, 0.2) is 42.5 Å². The third-order valence-corrected chi connectivity index (χ3v) is 9.65. The summed E-state index contributed by atoms with van der Waals surface area (Å²) in [5.74, 6) is -4.16. The van der Waals surface area contributed by atoms with Gasteiger partial charge in [-0.2, -0.15) is 0 Å². The third kappa shape index (κ3) is 9.23. The number of esters is 1. The van der Waals surface area contributed by atoms with E-state index in [0.29, 0.717) is 5.56 Å². The number of phenols is 4. The zero-order valence-corrected chi connectivity index (χ0v) is 28.8. The Morgan fingerprint density at radius 1 is 0.704 bits per heavy atom. The predicted molar refractivity (Wildman–Crippen MR) is 178 cm³/mol. The number of aromatic hydroxyl groups is 4. The minimum Gasteiger partial charge on any atom is -0.504 e. The summed E-state index contributed by atoms with van der Waals surface area (Å²) >= 11 is 0. The third-order valence-electron chi connectivity index (χ3n) is 9.65. The second-order valence-electron chi connectivity index (χ2n) is 13.3. The van der Waals surface area contributed by atoms with Crippen molar-refractivity contribution < 1.29 is 94.5 Å². The molecule has 0 aliphatic carbocycles. The fourth-order valence-corrected chi connectivity index (χ4v) is 6.56. The van der Waals surface area contributed by atoms with E-state index >= 15 is 0 Å². The van der Waals surface area contributed by atoms with E-state index in [9.17, 15) is 66.1 Å². The zero-order chi connectivity index (χ0) is 39.4. The summed E-state index contributed by atoms with van der Waals surface area (Å²) in [5, 5.41) is 124. The van der Waals surface area contributed by atoms with Crippen LogP contribution in [0.2, 0.25) is 0 Å².